The van der Waals surface area contributed by atoms with Crippen molar-refractivity contribution in [2.75, 3.05) is 0 Å². The molecular formula is C25H30. The van der Waals surface area contributed by atoms with E-state index < -0.39 is 0 Å². The van der Waals surface area contributed by atoms with Gasteiger partial charge in [-0.25, -0.2) is 0 Å². The van der Waals surface area contributed by atoms with Crippen molar-refractivity contribution in [2.45, 2.75) is 51.4 Å². The van der Waals surface area contributed by atoms with Crippen molar-refractivity contribution in [1.29, 1.82) is 0 Å². The number of allylic oxidation sites excluding steroid dienone is 3. The largest absolute Gasteiger partial charge is 0.103 e. The van der Waals surface area contributed by atoms with Gasteiger partial charge in [0.25, 0.3) is 0 Å². The molecule has 0 aromatic heterocycles. The molecule has 2 aromatic rings. The van der Waals surface area contributed by atoms with Gasteiger partial charge in [-0.3, -0.25) is 0 Å². The predicted octanol–water partition coefficient (Wildman–Crippen LogP) is 7.32. The minimum Gasteiger partial charge on any atom is -0.103 e. The first-order valence-corrected chi connectivity index (χ1v) is 9.73. The van der Waals surface area contributed by atoms with Gasteiger partial charge < -0.3 is 0 Å². The SMILES string of the molecule is C=CC1CCC(c2ccc(-c3ccc(CC/C=C/C)cc3)cc2)CC1. The molecule has 0 unspecified atom stereocenters. The quantitative estimate of drug-likeness (QED) is 0.487. The van der Waals surface area contributed by atoms with Crippen LogP contribution in [0.5, 0.6) is 0 Å². The molecule has 0 atom stereocenters. The van der Waals surface area contributed by atoms with E-state index >= 15 is 0 Å². The van der Waals surface area contributed by atoms with Crippen LogP contribution < -0.4 is 0 Å². The van der Waals surface area contributed by atoms with Crippen LogP contribution in [-0.2, 0) is 6.42 Å². The summed E-state index contributed by atoms with van der Waals surface area (Å²) in [6.45, 7) is 6.03. The van der Waals surface area contributed by atoms with Crippen LogP contribution in [0.15, 0.2) is 73.3 Å². The van der Waals surface area contributed by atoms with Crippen molar-refractivity contribution in [2.24, 2.45) is 5.92 Å². The summed E-state index contributed by atoms with van der Waals surface area (Å²) in [5, 5.41) is 0. The van der Waals surface area contributed by atoms with E-state index in [-0.39, 0.29) is 0 Å². The Labute approximate surface area is 153 Å². The molecule has 1 fully saturated rings. The predicted molar refractivity (Wildman–Crippen MR) is 110 cm³/mol. The molecule has 0 bridgehead atoms. The van der Waals surface area contributed by atoms with Crippen LogP contribution in [0.25, 0.3) is 11.1 Å². The van der Waals surface area contributed by atoms with E-state index in [4.69, 9.17) is 0 Å². The third-order valence-electron chi connectivity index (χ3n) is 5.61. The molecule has 1 saturated carbocycles. The molecule has 0 aliphatic heterocycles. The highest BCUT2D eigenvalue weighted by Crippen LogP contribution is 2.36. The monoisotopic (exact) mass is 330 g/mol. The summed E-state index contributed by atoms with van der Waals surface area (Å²) < 4.78 is 0. The Balaban J connectivity index is 1.63. The molecule has 1 aliphatic carbocycles. The van der Waals surface area contributed by atoms with E-state index in [2.05, 4.69) is 80.3 Å². The second-order valence-corrected chi connectivity index (χ2v) is 7.27. The zero-order chi connectivity index (χ0) is 17.5. The smallest absolute Gasteiger partial charge is 0.0162 e. The van der Waals surface area contributed by atoms with E-state index in [0.29, 0.717) is 0 Å². The lowest BCUT2D eigenvalue weighted by atomic mass is 9.78. The molecule has 0 nitrogen and oxygen atoms in total. The molecular weight excluding hydrogens is 300 g/mol. The normalized spacial score (nSPS) is 20.7. The molecule has 25 heavy (non-hydrogen) atoms. The molecule has 0 heterocycles. The van der Waals surface area contributed by atoms with Crippen LogP contribution in [0.4, 0.5) is 0 Å². The average molecular weight is 331 g/mol. The Morgan fingerprint density at radius 1 is 0.880 bits per heavy atom. The molecule has 0 saturated heterocycles. The van der Waals surface area contributed by atoms with Gasteiger partial charge in [0, 0.05) is 0 Å². The topological polar surface area (TPSA) is 0 Å². The maximum atomic E-state index is 3.95. The van der Waals surface area contributed by atoms with Crippen molar-refractivity contribution in [3.8, 4) is 11.1 Å². The minimum atomic E-state index is 0.735. The Bertz CT molecular complexity index is 680. The van der Waals surface area contributed by atoms with E-state index in [1.165, 1.54) is 47.9 Å². The summed E-state index contributed by atoms with van der Waals surface area (Å²) in [4.78, 5) is 0. The van der Waals surface area contributed by atoms with Gasteiger partial charge in [-0.1, -0.05) is 66.8 Å². The van der Waals surface area contributed by atoms with Crippen molar-refractivity contribution in [3.05, 3.63) is 84.5 Å². The van der Waals surface area contributed by atoms with Gasteiger partial charge in [0.15, 0.2) is 0 Å². The van der Waals surface area contributed by atoms with Gasteiger partial charge in [0.05, 0.1) is 0 Å². The first kappa shape index (κ1) is 17.7. The maximum Gasteiger partial charge on any atom is -0.0162 e. The summed E-state index contributed by atoms with van der Waals surface area (Å²) in [6, 6.07) is 18.3. The lowest BCUT2D eigenvalue weighted by Gasteiger charge is -2.27. The fraction of sp³-hybridized carbons (Fsp3) is 0.360. The van der Waals surface area contributed by atoms with Crippen molar-refractivity contribution in [3.63, 3.8) is 0 Å². The van der Waals surface area contributed by atoms with Crippen LogP contribution in [0, 0.1) is 5.92 Å². The van der Waals surface area contributed by atoms with Gasteiger partial charge in [0.1, 0.15) is 0 Å². The van der Waals surface area contributed by atoms with Gasteiger partial charge in [-0.15, -0.1) is 6.58 Å². The molecule has 0 N–H and O–H groups in total. The maximum absolute atomic E-state index is 3.95. The number of benzene rings is 2. The summed E-state index contributed by atoms with van der Waals surface area (Å²) >= 11 is 0. The van der Waals surface area contributed by atoms with Crippen LogP contribution >= 0.6 is 0 Å². The first-order valence-electron chi connectivity index (χ1n) is 9.73. The zero-order valence-electron chi connectivity index (χ0n) is 15.5. The van der Waals surface area contributed by atoms with Crippen LogP contribution in [0.2, 0.25) is 0 Å². The Morgan fingerprint density at radius 3 is 2.04 bits per heavy atom. The van der Waals surface area contributed by atoms with Gasteiger partial charge in [-0.05, 0) is 79.5 Å². The Morgan fingerprint density at radius 2 is 1.48 bits per heavy atom. The number of hydrogen-bond donors (Lipinski definition) is 0. The molecule has 3 rings (SSSR count). The van der Waals surface area contributed by atoms with E-state index in [1.54, 1.807) is 0 Å². The van der Waals surface area contributed by atoms with Gasteiger partial charge >= 0.3 is 0 Å². The lowest BCUT2D eigenvalue weighted by molar-refractivity contribution is 0.376. The Kier molecular flexibility index (Phi) is 6.28. The summed E-state index contributed by atoms with van der Waals surface area (Å²) in [5.41, 5.74) is 5.56. The highest BCUT2D eigenvalue weighted by Gasteiger charge is 2.20. The van der Waals surface area contributed by atoms with E-state index in [1.807, 2.05) is 0 Å². The fourth-order valence-corrected chi connectivity index (χ4v) is 3.92. The second-order valence-electron chi connectivity index (χ2n) is 7.27. The second kappa shape index (κ2) is 8.85. The standard InChI is InChI=1S/C25H30/c1-3-5-6-7-21-10-14-23(15-11-21)25-18-16-24(17-19-25)22-12-8-20(4-2)9-13-22/h3-5,10-11,14-20,22H,2,6-9,12-13H2,1H3/b5-3+. The highest BCUT2D eigenvalue weighted by molar-refractivity contribution is 5.64. The summed E-state index contributed by atoms with van der Waals surface area (Å²) in [6.07, 6.45) is 13.9. The zero-order valence-corrected chi connectivity index (χ0v) is 15.5. The molecule has 0 radical (unpaired) electrons. The average Bonchev–Trinajstić information content (AvgIpc) is 2.69. The van der Waals surface area contributed by atoms with E-state index in [0.717, 1.165) is 24.7 Å². The third kappa shape index (κ3) is 4.72. The van der Waals surface area contributed by atoms with Crippen molar-refractivity contribution in [1.82, 2.24) is 0 Å². The first-order chi connectivity index (χ1) is 12.3. The molecule has 0 spiro atoms. The van der Waals surface area contributed by atoms with Gasteiger partial charge in [0.2, 0.25) is 0 Å². The Hall–Kier alpha value is -2.08. The molecule has 1 aliphatic rings. The lowest BCUT2D eigenvalue weighted by Crippen LogP contribution is -2.11. The van der Waals surface area contributed by atoms with Gasteiger partial charge in [-0.2, -0.15) is 0 Å². The number of rotatable bonds is 6. The minimum absolute atomic E-state index is 0.735. The third-order valence-corrected chi connectivity index (χ3v) is 5.61. The summed E-state index contributed by atoms with van der Waals surface area (Å²) in [7, 11) is 0. The summed E-state index contributed by atoms with van der Waals surface area (Å²) in [5.74, 6) is 1.47. The van der Waals surface area contributed by atoms with E-state index in [9.17, 15) is 0 Å². The van der Waals surface area contributed by atoms with Crippen LogP contribution in [0.1, 0.15) is 56.1 Å². The van der Waals surface area contributed by atoms with Crippen LogP contribution in [0.3, 0.4) is 0 Å². The number of hydrogen-bond acceptors (Lipinski definition) is 0. The van der Waals surface area contributed by atoms with Crippen molar-refractivity contribution < 1.29 is 0 Å². The molecule has 0 amide bonds. The van der Waals surface area contributed by atoms with Crippen LogP contribution in [-0.4, -0.2) is 0 Å². The molecule has 2 aromatic carbocycles. The van der Waals surface area contributed by atoms with Crippen molar-refractivity contribution >= 4 is 0 Å². The number of aryl methyl sites for hydroxylation is 1. The molecule has 0 heteroatoms. The molecule has 130 valence electrons. The highest BCUT2D eigenvalue weighted by atomic mass is 14.2. The fourth-order valence-electron chi connectivity index (χ4n) is 3.92.